The average Bonchev–Trinajstić information content (AvgIpc) is 3.35. The van der Waals surface area contributed by atoms with Gasteiger partial charge in [-0.3, -0.25) is 4.79 Å². The number of benzene rings is 1. The van der Waals surface area contributed by atoms with Gasteiger partial charge >= 0.3 is 0 Å². The highest BCUT2D eigenvalue weighted by molar-refractivity contribution is 6.30. The number of carbonyl (C=O) groups is 1. The Morgan fingerprint density at radius 1 is 1.17 bits per heavy atom. The fourth-order valence-corrected chi connectivity index (χ4v) is 4.56. The molecule has 0 saturated heterocycles. The Kier molecular flexibility index (Phi) is 7.83. The van der Waals surface area contributed by atoms with Gasteiger partial charge in [-0.1, -0.05) is 63.3 Å². The summed E-state index contributed by atoms with van der Waals surface area (Å²) >= 11 is 6.15. The van der Waals surface area contributed by atoms with Crippen molar-refractivity contribution in [2.24, 2.45) is 11.8 Å². The molecule has 158 valence electrons. The van der Waals surface area contributed by atoms with E-state index in [9.17, 15) is 4.79 Å². The molecule has 1 heterocycles. The SMILES string of the molecule is CC(C)[C@H](C)N(Cc1cccn1Cc1cccc(Cl)c1)C(=O)CCC1CCCC1. The largest absolute Gasteiger partial charge is 0.345 e. The van der Waals surface area contributed by atoms with Crippen molar-refractivity contribution in [3.05, 3.63) is 58.9 Å². The second-order valence-electron chi connectivity index (χ2n) is 8.95. The lowest BCUT2D eigenvalue weighted by atomic mass is 9.99. The summed E-state index contributed by atoms with van der Waals surface area (Å²) in [4.78, 5) is 15.3. The molecule has 1 aromatic heterocycles. The molecule has 0 radical (unpaired) electrons. The van der Waals surface area contributed by atoms with E-state index in [2.05, 4.69) is 54.6 Å². The Bertz CT molecular complexity index is 792. The molecule has 0 aliphatic heterocycles. The fraction of sp³-hybridized carbons (Fsp3) is 0.560. The smallest absolute Gasteiger partial charge is 0.223 e. The number of hydrogen-bond donors (Lipinski definition) is 0. The topological polar surface area (TPSA) is 25.2 Å². The predicted octanol–water partition coefficient (Wildman–Crippen LogP) is 6.53. The minimum Gasteiger partial charge on any atom is -0.345 e. The molecule has 1 aliphatic rings. The van der Waals surface area contributed by atoms with Crippen LogP contribution in [0.5, 0.6) is 0 Å². The van der Waals surface area contributed by atoms with Gasteiger partial charge in [0.05, 0.1) is 6.54 Å². The Morgan fingerprint density at radius 3 is 2.62 bits per heavy atom. The molecule has 29 heavy (non-hydrogen) atoms. The summed E-state index contributed by atoms with van der Waals surface area (Å²) in [5, 5.41) is 0.758. The molecule has 3 nitrogen and oxygen atoms in total. The van der Waals surface area contributed by atoms with Crippen LogP contribution in [0, 0.1) is 11.8 Å². The van der Waals surface area contributed by atoms with Crippen LogP contribution in [0.3, 0.4) is 0 Å². The van der Waals surface area contributed by atoms with Gasteiger partial charge in [-0.05, 0) is 55.0 Å². The Hall–Kier alpha value is -1.74. The number of rotatable bonds is 9. The standard InChI is InChI=1S/C25H35ClN2O/c1-19(2)20(3)28(25(29)14-13-21-8-4-5-9-21)18-24-12-7-15-27(24)17-22-10-6-11-23(26)16-22/h6-7,10-12,15-16,19-21H,4-5,8-9,13-14,17-18H2,1-3H3/t20-/m0/s1. The third kappa shape index (κ3) is 6.12. The maximum absolute atomic E-state index is 13.2. The maximum atomic E-state index is 13.2. The molecular formula is C25H35ClN2O. The first-order valence-electron chi connectivity index (χ1n) is 11.1. The van der Waals surface area contributed by atoms with Crippen molar-refractivity contribution in [3.8, 4) is 0 Å². The lowest BCUT2D eigenvalue weighted by Gasteiger charge is -2.33. The fourth-order valence-electron chi connectivity index (χ4n) is 4.34. The molecule has 1 saturated carbocycles. The number of hydrogen-bond acceptors (Lipinski definition) is 1. The van der Waals surface area contributed by atoms with Crippen molar-refractivity contribution < 1.29 is 4.79 Å². The summed E-state index contributed by atoms with van der Waals surface area (Å²) < 4.78 is 2.23. The van der Waals surface area contributed by atoms with Crippen LogP contribution < -0.4 is 0 Å². The minimum atomic E-state index is 0.223. The number of nitrogens with zero attached hydrogens (tertiary/aromatic N) is 2. The van der Waals surface area contributed by atoms with Gasteiger partial charge < -0.3 is 9.47 Å². The van der Waals surface area contributed by atoms with Crippen LogP contribution in [0.1, 0.15) is 70.6 Å². The molecule has 0 unspecified atom stereocenters. The quantitative estimate of drug-likeness (QED) is 0.457. The highest BCUT2D eigenvalue weighted by atomic mass is 35.5. The highest BCUT2D eigenvalue weighted by Gasteiger charge is 2.25. The van der Waals surface area contributed by atoms with Crippen LogP contribution in [0.4, 0.5) is 0 Å². The third-order valence-electron chi connectivity index (χ3n) is 6.52. The van der Waals surface area contributed by atoms with E-state index >= 15 is 0 Å². The normalized spacial score (nSPS) is 15.8. The first-order chi connectivity index (χ1) is 13.9. The van der Waals surface area contributed by atoms with Crippen LogP contribution in [-0.4, -0.2) is 21.4 Å². The van der Waals surface area contributed by atoms with Gasteiger partial charge in [0.1, 0.15) is 0 Å². The van der Waals surface area contributed by atoms with Gasteiger partial charge in [0.25, 0.3) is 0 Å². The van der Waals surface area contributed by atoms with Crippen molar-refractivity contribution in [2.75, 3.05) is 0 Å². The number of carbonyl (C=O) groups excluding carboxylic acids is 1. The zero-order valence-electron chi connectivity index (χ0n) is 18.1. The summed E-state index contributed by atoms with van der Waals surface area (Å²) in [6.07, 6.45) is 9.09. The minimum absolute atomic E-state index is 0.223. The zero-order chi connectivity index (χ0) is 20.8. The van der Waals surface area contributed by atoms with Crippen molar-refractivity contribution in [1.29, 1.82) is 0 Å². The van der Waals surface area contributed by atoms with Gasteiger partial charge in [0, 0.05) is 35.9 Å². The number of amides is 1. The summed E-state index contributed by atoms with van der Waals surface area (Å²) in [5.41, 5.74) is 2.35. The van der Waals surface area contributed by atoms with Crippen LogP contribution in [0.2, 0.25) is 5.02 Å². The molecule has 3 rings (SSSR count). The third-order valence-corrected chi connectivity index (χ3v) is 6.75. The molecule has 2 aromatic rings. The van der Waals surface area contributed by atoms with E-state index in [0.717, 1.165) is 23.9 Å². The maximum Gasteiger partial charge on any atom is 0.223 e. The molecule has 1 fully saturated rings. The molecule has 0 N–H and O–H groups in total. The van der Waals surface area contributed by atoms with E-state index in [4.69, 9.17) is 11.6 Å². The van der Waals surface area contributed by atoms with Crippen molar-refractivity contribution in [3.63, 3.8) is 0 Å². The van der Waals surface area contributed by atoms with E-state index in [0.29, 0.717) is 24.8 Å². The summed E-state index contributed by atoms with van der Waals surface area (Å²) in [7, 11) is 0. The van der Waals surface area contributed by atoms with E-state index in [1.54, 1.807) is 0 Å². The molecule has 1 atom stereocenters. The van der Waals surface area contributed by atoms with Gasteiger partial charge in [-0.2, -0.15) is 0 Å². The van der Waals surface area contributed by atoms with Gasteiger partial charge in [0.15, 0.2) is 0 Å². The summed E-state index contributed by atoms with van der Waals surface area (Å²) in [6.45, 7) is 8.02. The molecular weight excluding hydrogens is 380 g/mol. The van der Waals surface area contributed by atoms with E-state index in [-0.39, 0.29) is 6.04 Å². The summed E-state index contributed by atoms with van der Waals surface area (Å²) in [6, 6.07) is 12.4. The van der Waals surface area contributed by atoms with E-state index in [1.165, 1.54) is 36.9 Å². The molecule has 1 amide bonds. The van der Waals surface area contributed by atoms with Crippen molar-refractivity contribution in [2.45, 2.75) is 78.4 Å². The van der Waals surface area contributed by atoms with Gasteiger partial charge in [-0.25, -0.2) is 0 Å². The first-order valence-corrected chi connectivity index (χ1v) is 11.5. The molecule has 1 aromatic carbocycles. The van der Waals surface area contributed by atoms with Crippen LogP contribution in [0.25, 0.3) is 0 Å². The molecule has 0 spiro atoms. The number of halogens is 1. The van der Waals surface area contributed by atoms with Gasteiger partial charge in [0.2, 0.25) is 5.91 Å². The van der Waals surface area contributed by atoms with Gasteiger partial charge in [-0.15, -0.1) is 0 Å². The Balaban J connectivity index is 1.70. The number of aromatic nitrogens is 1. The second kappa shape index (κ2) is 10.3. The molecule has 4 heteroatoms. The highest BCUT2D eigenvalue weighted by Crippen LogP contribution is 2.29. The lowest BCUT2D eigenvalue weighted by molar-refractivity contribution is -0.135. The zero-order valence-corrected chi connectivity index (χ0v) is 18.9. The van der Waals surface area contributed by atoms with E-state index in [1.807, 2.05) is 18.2 Å². The first kappa shape index (κ1) is 22.0. The lowest BCUT2D eigenvalue weighted by Crippen LogP contribution is -2.41. The Morgan fingerprint density at radius 2 is 1.93 bits per heavy atom. The van der Waals surface area contributed by atoms with E-state index < -0.39 is 0 Å². The van der Waals surface area contributed by atoms with Crippen molar-refractivity contribution >= 4 is 17.5 Å². The predicted molar refractivity (Wildman–Crippen MR) is 121 cm³/mol. The Labute approximate surface area is 181 Å². The van der Waals surface area contributed by atoms with Crippen LogP contribution in [-0.2, 0) is 17.9 Å². The monoisotopic (exact) mass is 414 g/mol. The average molecular weight is 415 g/mol. The summed E-state index contributed by atoms with van der Waals surface area (Å²) in [5.74, 6) is 1.48. The van der Waals surface area contributed by atoms with Crippen molar-refractivity contribution in [1.82, 2.24) is 9.47 Å². The van der Waals surface area contributed by atoms with Crippen LogP contribution >= 0.6 is 11.6 Å². The molecule has 0 bridgehead atoms. The van der Waals surface area contributed by atoms with Crippen LogP contribution in [0.15, 0.2) is 42.6 Å². The second-order valence-corrected chi connectivity index (χ2v) is 9.39. The molecule has 1 aliphatic carbocycles.